The van der Waals surface area contributed by atoms with Gasteiger partial charge in [-0.1, -0.05) is 32.0 Å². The quantitative estimate of drug-likeness (QED) is 0.621. The van der Waals surface area contributed by atoms with Crippen molar-refractivity contribution in [1.82, 2.24) is 0 Å². The first-order valence-electron chi connectivity index (χ1n) is 9.64. The molecule has 6 nitrogen and oxygen atoms in total. The van der Waals surface area contributed by atoms with E-state index in [9.17, 15) is 14.4 Å². The molecule has 0 unspecified atom stereocenters. The molecule has 0 aliphatic carbocycles. The average Bonchev–Trinajstić information content (AvgIpc) is 2.94. The fourth-order valence-electron chi connectivity index (χ4n) is 2.89. The van der Waals surface area contributed by atoms with Gasteiger partial charge in [0.15, 0.2) is 6.10 Å². The largest absolute Gasteiger partial charge is 0.449 e. The van der Waals surface area contributed by atoms with Crippen LogP contribution in [0.15, 0.2) is 24.3 Å². The van der Waals surface area contributed by atoms with Crippen molar-refractivity contribution >= 4 is 39.8 Å². The molecule has 1 heterocycles. The summed E-state index contributed by atoms with van der Waals surface area (Å²) in [7, 11) is 0. The topological polar surface area (TPSA) is 84.5 Å². The van der Waals surface area contributed by atoms with Gasteiger partial charge in [0.2, 0.25) is 5.91 Å². The lowest BCUT2D eigenvalue weighted by Gasteiger charge is -2.18. The van der Waals surface area contributed by atoms with Crippen molar-refractivity contribution in [2.24, 2.45) is 0 Å². The molecule has 1 aromatic carbocycles. The van der Waals surface area contributed by atoms with Gasteiger partial charge in [0.1, 0.15) is 5.00 Å². The van der Waals surface area contributed by atoms with E-state index >= 15 is 0 Å². The van der Waals surface area contributed by atoms with Gasteiger partial charge in [-0.25, -0.2) is 4.79 Å². The molecule has 0 saturated carbocycles. The number of benzene rings is 1. The van der Waals surface area contributed by atoms with Crippen molar-refractivity contribution in [2.75, 3.05) is 10.6 Å². The molecule has 0 aliphatic rings. The molecule has 2 atom stereocenters. The number of aryl methyl sites for hydroxylation is 1. The molecule has 0 fully saturated rings. The van der Waals surface area contributed by atoms with Crippen LogP contribution in [0.4, 0.5) is 10.7 Å². The number of thiophene rings is 1. The minimum absolute atomic E-state index is 0.271. The maximum Gasteiger partial charge on any atom is 0.342 e. The number of carbonyl (C=O) groups excluding carboxylic acids is 3. The number of rotatable bonds is 7. The fraction of sp³-hybridized carbons (Fsp3) is 0.409. The Bertz CT molecular complexity index is 920. The van der Waals surface area contributed by atoms with Crippen molar-refractivity contribution < 1.29 is 19.1 Å². The summed E-state index contributed by atoms with van der Waals surface area (Å²) in [5.74, 6) is -1.01. The van der Waals surface area contributed by atoms with Crippen LogP contribution < -0.4 is 10.6 Å². The molecule has 1 aromatic heterocycles. The van der Waals surface area contributed by atoms with Gasteiger partial charge in [-0.15, -0.1) is 11.3 Å². The summed E-state index contributed by atoms with van der Waals surface area (Å²) in [5.41, 5.74) is 2.79. The number of esters is 1. The Balaban J connectivity index is 2.15. The van der Waals surface area contributed by atoms with Crippen molar-refractivity contribution in [1.29, 1.82) is 0 Å². The normalized spacial score (nSPS) is 12.8. The summed E-state index contributed by atoms with van der Waals surface area (Å²) >= 11 is 1.31. The van der Waals surface area contributed by atoms with Gasteiger partial charge in [-0.3, -0.25) is 9.59 Å². The van der Waals surface area contributed by atoms with Crippen LogP contribution in [0, 0.1) is 13.8 Å². The summed E-state index contributed by atoms with van der Waals surface area (Å²) in [6.45, 7) is 10.8. The highest BCUT2D eigenvalue weighted by atomic mass is 32.1. The first-order valence-corrected chi connectivity index (χ1v) is 10.5. The van der Waals surface area contributed by atoms with Gasteiger partial charge < -0.3 is 15.4 Å². The van der Waals surface area contributed by atoms with Crippen LogP contribution in [0.5, 0.6) is 0 Å². The average molecular weight is 417 g/mol. The van der Waals surface area contributed by atoms with Crippen molar-refractivity contribution in [3.8, 4) is 0 Å². The highest BCUT2D eigenvalue weighted by Crippen LogP contribution is 2.33. The molecule has 29 heavy (non-hydrogen) atoms. The Morgan fingerprint density at radius 3 is 2.38 bits per heavy atom. The van der Waals surface area contributed by atoms with Gasteiger partial charge in [-0.2, -0.15) is 0 Å². The lowest BCUT2D eigenvalue weighted by Crippen LogP contribution is -2.30. The van der Waals surface area contributed by atoms with E-state index in [1.54, 1.807) is 6.92 Å². The predicted molar refractivity (Wildman–Crippen MR) is 117 cm³/mol. The Morgan fingerprint density at radius 1 is 1.10 bits per heavy atom. The minimum atomic E-state index is -0.989. The molecular formula is C22H28N2O4S. The molecule has 0 radical (unpaired) electrons. The molecule has 0 spiro atoms. The van der Waals surface area contributed by atoms with E-state index in [4.69, 9.17) is 4.74 Å². The maximum absolute atomic E-state index is 12.7. The number of hydrogen-bond acceptors (Lipinski definition) is 5. The van der Waals surface area contributed by atoms with Crippen LogP contribution >= 0.6 is 11.3 Å². The number of anilines is 2. The van der Waals surface area contributed by atoms with Gasteiger partial charge in [0.05, 0.1) is 5.56 Å². The molecule has 0 aliphatic heterocycles. The smallest absolute Gasteiger partial charge is 0.342 e. The second-order valence-corrected chi connectivity index (χ2v) is 8.33. The highest BCUT2D eigenvalue weighted by molar-refractivity contribution is 7.16. The Hall–Kier alpha value is -2.67. The number of hydrogen-bond donors (Lipinski definition) is 2. The number of carbonyl (C=O) groups is 3. The summed E-state index contributed by atoms with van der Waals surface area (Å²) < 4.78 is 5.42. The van der Waals surface area contributed by atoms with E-state index in [-0.39, 0.29) is 5.91 Å². The second kappa shape index (κ2) is 9.69. The van der Waals surface area contributed by atoms with Gasteiger partial charge in [0.25, 0.3) is 5.91 Å². The molecule has 2 aromatic rings. The number of amides is 2. The number of para-hydroxylation sites is 1. The molecule has 156 valence electrons. The Morgan fingerprint density at radius 2 is 1.76 bits per heavy atom. The summed E-state index contributed by atoms with van der Waals surface area (Å²) in [6, 6.07) is 7.62. The van der Waals surface area contributed by atoms with Crippen LogP contribution in [-0.4, -0.2) is 23.9 Å². The highest BCUT2D eigenvalue weighted by Gasteiger charge is 2.26. The Labute approximate surface area is 175 Å². The molecule has 0 saturated heterocycles. The third-order valence-electron chi connectivity index (χ3n) is 4.89. The third kappa shape index (κ3) is 5.44. The van der Waals surface area contributed by atoms with Gasteiger partial charge in [-0.05, 0) is 50.3 Å². The molecule has 2 amide bonds. The fourth-order valence-corrected chi connectivity index (χ4v) is 3.98. The zero-order valence-corrected chi connectivity index (χ0v) is 18.5. The van der Waals surface area contributed by atoms with E-state index in [2.05, 4.69) is 24.5 Å². The second-order valence-electron chi connectivity index (χ2n) is 7.10. The zero-order chi connectivity index (χ0) is 21.7. The summed E-state index contributed by atoms with van der Waals surface area (Å²) in [6.07, 6.45) is -0.0441. The first kappa shape index (κ1) is 22.6. The summed E-state index contributed by atoms with van der Waals surface area (Å²) in [4.78, 5) is 37.7. The molecule has 7 heteroatoms. The van der Waals surface area contributed by atoms with Crippen LogP contribution in [-0.2, 0) is 14.3 Å². The van der Waals surface area contributed by atoms with Crippen LogP contribution in [0.2, 0.25) is 0 Å². The standard InChI is InChI=1S/C22H28N2O4S/c1-7-12(2)17-10-8-9-11-18(17)24-20(26)14(4)28-22(27)19-13(3)15(5)29-21(19)23-16(6)25/h8-12,14H,7H2,1-6H3,(H,23,25)(H,24,26)/t12-,14+/m1/s1. The summed E-state index contributed by atoms with van der Waals surface area (Å²) in [5, 5.41) is 5.97. The monoisotopic (exact) mass is 416 g/mol. The minimum Gasteiger partial charge on any atom is -0.449 e. The Kier molecular flexibility index (Phi) is 7.56. The molecule has 2 rings (SSSR count). The van der Waals surface area contributed by atoms with Crippen LogP contribution in [0.1, 0.15) is 66.4 Å². The lowest BCUT2D eigenvalue weighted by atomic mass is 9.97. The SMILES string of the molecule is CC[C@@H](C)c1ccccc1NC(=O)[C@H](C)OC(=O)c1c(NC(C)=O)sc(C)c1C. The van der Waals surface area contributed by atoms with Gasteiger partial charge >= 0.3 is 5.97 Å². The zero-order valence-electron chi connectivity index (χ0n) is 17.7. The predicted octanol–water partition coefficient (Wildman–Crippen LogP) is 5.02. The van der Waals surface area contributed by atoms with E-state index in [1.807, 2.05) is 31.2 Å². The molecular weight excluding hydrogens is 388 g/mol. The third-order valence-corrected chi connectivity index (χ3v) is 6.02. The number of ether oxygens (including phenoxy) is 1. The molecule has 2 N–H and O–H groups in total. The van der Waals surface area contributed by atoms with E-state index < -0.39 is 18.0 Å². The van der Waals surface area contributed by atoms with Crippen molar-refractivity contribution in [2.45, 2.75) is 60.0 Å². The van der Waals surface area contributed by atoms with E-state index in [0.717, 1.165) is 28.1 Å². The van der Waals surface area contributed by atoms with Crippen LogP contribution in [0.25, 0.3) is 0 Å². The van der Waals surface area contributed by atoms with E-state index in [0.29, 0.717) is 16.5 Å². The maximum atomic E-state index is 12.7. The van der Waals surface area contributed by atoms with Gasteiger partial charge in [0, 0.05) is 17.5 Å². The van der Waals surface area contributed by atoms with Crippen LogP contribution in [0.3, 0.4) is 0 Å². The lowest BCUT2D eigenvalue weighted by molar-refractivity contribution is -0.123. The van der Waals surface area contributed by atoms with E-state index in [1.165, 1.54) is 25.2 Å². The molecule has 0 bridgehead atoms. The van der Waals surface area contributed by atoms with Crippen molar-refractivity contribution in [3.05, 3.63) is 45.8 Å². The first-order chi connectivity index (χ1) is 13.6. The van der Waals surface area contributed by atoms with Crippen molar-refractivity contribution in [3.63, 3.8) is 0 Å². The number of nitrogens with one attached hydrogen (secondary N) is 2.